The van der Waals surface area contributed by atoms with Crippen molar-refractivity contribution in [2.45, 2.75) is 6.30 Å². The Balaban J connectivity index is 2.50. The maximum absolute atomic E-state index is 12.2. The first-order chi connectivity index (χ1) is 9.30. The second-order valence-electron chi connectivity index (χ2n) is 3.90. The summed E-state index contributed by atoms with van der Waals surface area (Å²) in [6.45, 7) is 0. The minimum atomic E-state index is -4.59. The number of fused-ring (bicyclic) bond motifs is 1. The fraction of sp³-hybridized carbons (Fsp3) is 0.167. The van der Waals surface area contributed by atoms with E-state index in [0.29, 0.717) is 5.39 Å². The molecule has 0 unspecified atom stereocenters. The van der Waals surface area contributed by atoms with E-state index in [1.807, 2.05) is 0 Å². The first kappa shape index (κ1) is 13.9. The summed E-state index contributed by atoms with van der Waals surface area (Å²) in [5.74, 6) is -0.627. The Bertz CT molecular complexity index is 722. The molecule has 2 N–H and O–H groups in total. The van der Waals surface area contributed by atoms with Crippen LogP contribution in [0.5, 0.6) is 0 Å². The van der Waals surface area contributed by atoms with Crippen molar-refractivity contribution in [3.8, 4) is 0 Å². The number of hydrogen-bond acceptors (Lipinski definition) is 4. The number of carbonyl (C=O) groups is 1. The van der Waals surface area contributed by atoms with Crippen LogP contribution in [0.4, 0.5) is 18.9 Å². The van der Waals surface area contributed by atoms with Crippen LogP contribution in [-0.4, -0.2) is 19.3 Å². The molecule has 0 radical (unpaired) electrons. The van der Waals surface area contributed by atoms with Gasteiger partial charge in [0.05, 0.1) is 0 Å². The normalized spacial score (nSPS) is 11.4. The van der Waals surface area contributed by atoms with Crippen LogP contribution in [0.25, 0.3) is 11.0 Å². The second-order valence-corrected chi connectivity index (χ2v) is 3.90. The zero-order valence-electron chi connectivity index (χ0n) is 10.2. The SMILES string of the molecule is CNC(=O)c1cc2ccc(NC(F)(F)F)cc2oc1=O. The zero-order chi connectivity index (χ0) is 14.9. The Morgan fingerprint density at radius 2 is 1.95 bits per heavy atom. The maximum Gasteiger partial charge on any atom is 0.482 e. The van der Waals surface area contributed by atoms with E-state index in [4.69, 9.17) is 4.42 Å². The lowest BCUT2D eigenvalue weighted by Crippen LogP contribution is -2.24. The highest BCUT2D eigenvalue weighted by Gasteiger charge is 2.27. The highest BCUT2D eigenvalue weighted by atomic mass is 19.4. The third kappa shape index (κ3) is 2.90. The second kappa shape index (κ2) is 4.87. The molecule has 2 rings (SSSR count). The van der Waals surface area contributed by atoms with E-state index in [2.05, 4.69) is 5.32 Å². The first-order valence-electron chi connectivity index (χ1n) is 5.45. The molecule has 0 fully saturated rings. The lowest BCUT2D eigenvalue weighted by molar-refractivity contribution is -0.0999. The minimum Gasteiger partial charge on any atom is -0.422 e. The highest BCUT2D eigenvalue weighted by Crippen LogP contribution is 2.23. The van der Waals surface area contributed by atoms with Gasteiger partial charge in [0.1, 0.15) is 11.1 Å². The summed E-state index contributed by atoms with van der Waals surface area (Å²) in [4.78, 5) is 23.0. The molecule has 0 aliphatic carbocycles. The van der Waals surface area contributed by atoms with Crippen molar-refractivity contribution in [2.24, 2.45) is 0 Å². The largest absolute Gasteiger partial charge is 0.482 e. The molecule has 2 aromatic rings. The van der Waals surface area contributed by atoms with E-state index in [-0.39, 0.29) is 16.8 Å². The number of rotatable bonds is 2. The molecule has 106 valence electrons. The van der Waals surface area contributed by atoms with Crippen LogP contribution < -0.4 is 16.3 Å². The van der Waals surface area contributed by atoms with Gasteiger partial charge in [0, 0.05) is 24.2 Å². The smallest absolute Gasteiger partial charge is 0.422 e. The van der Waals surface area contributed by atoms with Crippen molar-refractivity contribution in [1.82, 2.24) is 5.32 Å². The van der Waals surface area contributed by atoms with Gasteiger partial charge >= 0.3 is 11.9 Å². The Morgan fingerprint density at radius 3 is 2.55 bits per heavy atom. The van der Waals surface area contributed by atoms with E-state index < -0.39 is 17.8 Å². The van der Waals surface area contributed by atoms with Crippen LogP contribution in [0.15, 0.2) is 33.5 Å². The van der Waals surface area contributed by atoms with Gasteiger partial charge in [-0.2, -0.15) is 13.2 Å². The average Bonchev–Trinajstić information content (AvgIpc) is 2.35. The molecule has 8 heteroatoms. The van der Waals surface area contributed by atoms with Gasteiger partial charge in [0.15, 0.2) is 0 Å². The Hall–Kier alpha value is -2.51. The molecule has 1 heterocycles. The standard InChI is InChI=1S/C12H9F3N2O3/c1-16-10(18)8-4-6-2-3-7(17-12(13,14)15)5-9(6)20-11(8)19/h2-5,17H,1H3,(H,16,18). The first-order valence-corrected chi connectivity index (χ1v) is 5.45. The molecule has 1 amide bonds. The van der Waals surface area contributed by atoms with E-state index in [0.717, 1.165) is 6.07 Å². The number of anilines is 1. The van der Waals surface area contributed by atoms with Gasteiger partial charge in [-0.3, -0.25) is 10.1 Å². The molecule has 0 atom stereocenters. The molecular formula is C12H9F3N2O3. The summed E-state index contributed by atoms with van der Waals surface area (Å²) in [6.07, 6.45) is -4.59. The molecule has 0 aliphatic rings. The highest BCUT2D eigenvalue weighted by molar-refractivity contribution is 5.96. The predicted octanol–water partition coefficient (Wildman–Crippen LogP) is 2.08. The van der Waals surface area contributed by atoms with Gasteiger partial charge in [-0.1, -0.05) is 0 Å². The van der Waals surface area contributed by atoms with Crippen LogP contribution in [0, 0.1) is 0 Å². The molecule has 1 aromatic carbocycles. The molecule has 0 saturated heterocycles. The van der Waals surface area contributed by atoms with Gasteiger partial charge in [-0.05, 0) is 18.2 Å². The van der Waals surface area contributed by atoms with Crippen molar-refractivity contribution in [1.29, 1.82) is 0 Å². The average molecular weight is 286 g/mol. The van der Waals surface area contributed by atoms with Crippen molar-refractivity contribution in [3.63, 3.8) is 0 Å². The van der Waals surface area contributed by atoms with Gasteiger partial charge in [-0.25, -0.2) is 4.79 Å². The Morgan fingerprint density at radius 1 is 1.25 bits per heavy atom. The lowest BCUT2D eigenvalue weighted by atomic mass is 10.1. The number of halogens is 3. The molecule has 20 heavy (non-hydrogen) atoms. The third-order valence-electron chi connectivity index (χ3n) is 2.49. The number of nitrogens with one attached hydrogen (secondary N) is 2. The summed E-state index contributed by atoms with van der Waals surface area (Å²) in [7, 11) is 1.35. The molecule has 0 spiro atoms. The quantitative estimate of drug-likeness (QED) is 0.655. The van der Waals surface area contributed by atoms with Crippen molar-refractivity contribution in [3.05, 3.63) is 40.2 Å². The van der Waals surface area contributed by atoms with Crippen LogP contribution in [0.2, 0.25) is 0 Å². The topological polar surface area (TPSA) is 71.3 Å². The predicted molar refractivity (Wildman–Crippen MR) is 65.6 cm³/mol. The molecule has 5 nitrogen and oxygen atoms in total. The number of alkyl halides is 3. The van der Waals surface area contributed by atoms with E-state index in [1.54, 1.807) is 0 Å². The van der Waals surface area contributed by atoms with Crippen LogP contribution >= 0.6 is 0 Å². The van der Waals surface area contributed by atoms with Gasteiger partial charge < -0.3 is 9.73 Å². The molecular weight excluding hydrogens is 277 g/mol. The molecule has 0 bridgehead atoms. The van der Waals surface area contributed by atoms with Crippen LogP contribution in [0.1, 0.15) is 10.4 Å². The zero-order valence-corrected chi connectivity index (χ0v) is 10.2. The summed E-state index contributed by atoms with van der Waals surface area (Å²) >= 11 is 0. The lowest BCUT2D eigenvalue weighted by Gasteiger charge is -2.10. The number of amides is 1. The molecule has 0 aliphatic heterocycles. The molecule has 0 saturated carbocycles. The van der Waals surface area contributed by atoms with Gasteiger partial charge in [0.2, 0.25) is 0 Å². The Kier molecular flexibility index (Phi) is 3.39. The number of hydrogen-bond donors (Lipinski definition) is 2. The van der Waals surface area contributed by atoms with E-state index in [1.165, 1.54) is 30.6 Å². The third-order valence-corrected chi connectivity index (χ3v) is 2.49. The number of carbonyl (C=O) groups excluding carboxylic acids is 1. The Labute approximate surface area is 110 Å². The van der Waals surface area contributed by atoms with Crippen molar-refractivity contribution >= 4 is 22.6 Å². The summed E-state index contributed by atoms with van der Waals surface area (Å²) in [5, 5.41) is 3.91. The summed E-state index contributed by atoms with van der Waals surface area (Å²) in [5.41, 5.74) is -1.43. The van der Waals surface area contributed by atoms with E-state index in [9.17, 15) is 22.8 Å². The van der Waals surface area contributed by atoms with Crippen LogP contribution in [-0.2, 0) is 0 Å². The molecule has 1 aromatic heterocycles. The van der Waals surface area contributed by atoms with Crippen molar-refractivity contribution in [2.75, 3.05) is 12.4 Å². The monoisotopic (exact) mass is 286 g/mol. The minimum absolute atomic E-state index is 0.0445. The summed E-state index contributed by atoms with van der Waals surface area (Å²) < 4.78 is 41.4. The van der Waals surface area contributed by atoms with E-state index >= 15 is 0 Å². The fourth-order valence-corrected chi connectivity index (χ4v) is 1.65. The maximum atomic E-state index is 12.2. The summed E-state index contributed by atoms with van der Waals surface area (Å²) in [6, 6.07) is 4.79. The fourth-order valence-electron chi connectivity index (χ4n) is 1.65. The van der Waals surface area contributed by atoms with Gasteiger partial charge in [0.25, 0.3) is 5.91 Å². The van der Waals surface area contributed by atoms with Gasteiger partial charge in [-0.15, -0.1) is 0 Å². The number of benzene rings is 1. The van der Waals surface area contributed by atoms with Crippen molar-refractivity contribution < 1.29 is 22.4 Å². The van der Waals surface area contributed by atoms with Crippen LogP contribution in [0.3, 0.4) is 0 Å².